The molecule has 0 N–H and O–H groups in total. The van der Waals surface area contributed by atoms with E-state index in [4.69, 9.17) is 14.5 Å². The van der Waals surface area contributed by atoms with E-state index >= 15 is 0 Å². The molecule has 0 aliphatic heterocycles. The zero-order valence-corrected chi connectivity index (χ0v) is 12.9. The largest absolute Gasteiger partial charge is 0.370 e. The Morgan fingerprint density at radius 2 is 2.43 bits per heavy atom. The Bertz CT molecular complexity index is 673. The van der Waals surface area contributed by atoms with E-state index in [9.17, 15) is 0 Å². The molecule has 2 aromatic rings. The number of aromatic nitrogens is 2. The van der Waals surface area contributed by atoms with Gasteiger partial charge in [-0.1, -0.05) is 18.5 Å². The van der Waals surface area contributed by atoms with Crippen LogP contribution in [0.15, 0.2) is 16.0 Å². The molecule has 21 heavy (non-hydrogen) atoms. The molecule has 2 aromatic heterocycles. The summed E-state index contributed by atoms with van der Waals surface area (Å²) in [5.74, 6) is 1.59. The zero-order valence-electron chi connectivity index (χ0n) is 12.1. The smallest absolute Gasteiger partial charge is 0.269 e. The fourth-order valence-corrected chi connectivity index (χ4v) is 3.81. The van der Waals surface area contributed by atoms with E-state index in [0.717, 1.165) is 24.1 Å². The molecule has 0 amide bonds. The predicted octanol–water partition coefficient (Wildman–Crippen LogP) is 3.72. The highest BCUT2D eigenvalue weighted by molar-refractivity contribution is 7.13. The highest BCUT2D eigenvalue weighted by atomic mass is 32.1. The van der Waals surface area contributed by atoms with Gasteiger partial charge in [0.15, 0.2) is 0 Å². The van der Waals surface area contributed by atoms with Crippen LogP contribution in [0.5, 0.6) is 0 Å². The lowest BCUT2D eigenvalue weighted by Gasteiger charge is -2.36. The van der Waals surface area contributed by atoms with Crippen molar-refractivity contribution >= 4 is 11.3 Å². The van der Waals surface area contributed by atoms with Gasteiger partial charge in [-0.2, -0.15) is 10.2 Å². The molecule has 2 unspecified atom stereocenters. The summed E-state index contributed by atoms with van der Waals surface area (Å²) in [6.07, 6.45) is 4.11. The fourth-order valence-electron chi connectivity index (χ4n) is 3.05. The molecular formula is C15H17N3O2S. The molecular weight excluding hydrogens is 286 g/mol. The lowest BCUT2D eigenvalue weighted by Crippen LogP contribution is -2.35. The van der Waals surface area contributed by atoms with Gasteiger partial charge in [0.05, 0.1) is 5.56 Å². The Labute approximate surface area is 127 Å². The summed E-state index contributed by atoms with van der Waals surface area (Å²) in [6, 6.07) is 3.91. The Morgan fingerprint density at radius 1 is 1.57 bits per heavy atom. The molecule has 6 heteroatoms. The number of nitriles is 1. The van der Waals surface area contributed by atoms with Gasteiger partial charge in [-0.25, -0.2) is 0 Å². The fraction of sp³-hybridized carbons (Fsp3) is 0.533. The normalized spacial score (nSPS) is 25.7. The van der Waals surface area contributed by atoms with Crippen molar-refractivity contribution < 1.29 is 9.26 Å². The van der Waals surface area contributed by atoms with Gasteiger partial charge in [-0.15, -0.1) is 11.3 Å². The number of ether oxygens (including phenoxy) is 1. The number of hydrogen-bond acceptors (Lipinski definition) is 6. The zero-order chi connectivity index (χ0) is 14.9. The molecule has 110 valence electrons. The van der Waals surface area contributed by atoms with Crippen LogP contribution in [0.1, 0.15) is 44.0 Å². The molecule has 1 fully saturated rings. The third kappa shape index (κ3) is 2.47. The summed E-state index contributed by atoms with van der Waals surface area (Å²) in [6.45, 7) is 2.22. The van der Waals surface area contributed by atoms with Gasteiger partial charge in [-0.3, -0.25) is 0 Å². The maximum absolute atomic E-state index is 9.10. The predicted molar refractivity (Wildman–Crippen MR) is 78.6 cm³/mol. The van der Waals surface area contributed by atoms with E-state index in [1.54, 1.807) is 13.2 Å². The second kappa shape index (κ2) is 5.58. The topological polar surface area (TPSA) is 71.9 Å². The molecule has 0 spiro atoms. The van der Waals surface area contributed by atoms with Crippen molar-refractivity contribution in [1.82, 2.24) is 10.1 Å². The van der Waals surface area contributed by atoms with Crippen molar-refractivity contribution in [3.05, 3.63) is 22.8 Å². The van der Waals surface area contributed by atoms with Gasteiger partial charge >= 0.3 is 0 Å². The van der Waals surface area contributed by atoms with Crippen molar-refractivity contribution in [2.75, 3.05) is 7.11 Å². The molecule has 0 radical (unpaired) electrons. The molecule has 2 heterocycles. The van der Waals surface area contributed by atoms with Gasteiger partial charge in [0.2, 0.25) is 5.82 Å². The summed E-state index contributed by atoms with van der Waals surface area (Å²) in [7, 11) is 1.71. The summed E-state index contributed by atoms with van der Waals surface area (Å²) >= 11 is 1.43. The number of nitrogens with zero attached hydrogens (tertiary/aromatic N) is 3. The second-order valence-corrected chi connectivity index (χ2v) is 6.51. The van der Waals surface area contributed by atoms with Crippen LogP contribution in [0.4, 0.5) is 0 Å². The Hall–Kier alpha value is -1.71. The Kier molecular flexibility index (Phi) is 3.79. The first-order chi connectivity index (χ1) is 10.2. The van der Waals surface area contributed by atoms with Crippen LogP contribution in [0.2, 0.25) is 0 Å². The average Bonchev–Trinajstić information content (AvgIpc) is 3.15. The van der Waals surface area contributed by atoms with Gasteiger partial charge in [0.25, 0.3) is 5.89 Å². The SMILES string of the molecule is COC1(c2noc(-c3sccc3C#N)n2)CCCC(C)C1. The van der Waals surface area contributed by atoms with Crippen LogP contribution in [-0.2, 0) is 10.3 Å². The van der Waals surface area contributed by atoms with E-state index in [0.29, 0.717) is 23.2 Å². The van der Waals surface area contributed by atoms with Crippen LogP contribution in [-0.4, -0.2) is 17.3 Å². The van der Waals surface area contributed by atoms with E-state index < -0.39 is 5.60 Å². The molecule has 2 atom stereocenters. The van der Waals surface area contributed by atoms with Crippen molar-refractivity contribution in [3.8, 4) is 16.8 Å². The quantitative estimate of drug-likeness (QED) is 0.864. The number of hydrogen-bond donors (Lipinski definition) is 0. The van der Waals surface area contributed by atoms with Gasteiger partial charge in [0, 0.05) is 7.11 Å². The summed E-state index contributed by atoms with van der Waals surface area (Å²) in [5, 5.41) is 15.1. The lowest BCUT2D eigenvalue weighted by molar-refractivity contribution is -0.0658. The first kappa shape index (κ1) is 14.2. The maximum Gasteiger partial charge on any atom is 0.269 e. The van der Waals surface area contributed by atoms with Gasteiger partial charge < -0.3 is 9.26 Å². The van der Waals surface area contributed by atoms with Gasteiger partial charge in [0.1, 0.15) is 16.5 Å². The van der Waals surface area contributed by atoms with E-state index in [2.05, 4.69) is 23.1 Å². The first-order valence-corrected chi connectivity index (χ1v) is 7.94. The molecule has 1 aliphatic carbocycles. The van der Waals surface area contributed by atoms with Crippen molar-refractivity contribution in [2.45, 2.75) is 38.2 Å². The minimum absolute atomic E-state index is 0.409. The van der Waals surface area contributed by atoms with Gasteiger partial charge in [-0.05, 0) is 36.6 Å². The second-order valence-electron chi connectivity index (χ2n) is 5.60. The number of rotatable bonds is 3. The number of thiophene rings is 1. The molecule has 0 aromatic carbocycles. The average molecular weight is 303 g/mol. The van der Waals surface area contributed by atoms with Crippen LogP contribution < -0.4 is 0 Å². The van der Waals surface area contributed by atoms with Crippen LogP contribution in [0.3, 0.4) is 0 Å². The minimum atomic E-state index is -0.455. The van der Waals surface area contributed by atoms with Crippen molar-refractivity contribution in [2.24, 2.45) is 5.92 Å². The molecule has 3 rings (SSSR count). The first-order valence-electron chi connectivity index (χ1n) is 7.06. The van der Waals surface area contributed by atoms with E-state index in [-0.39, 0.29) is 0 Å². The lowest BCUT2D eigenvalue weighted by atomic mass is 9.78. The van der Waals surface area contributed by atoms with Crippen molar-refractivity contribution in [3.63, 3.8) is 0 Å². The standard InChI is InChI=1S/C15H17N3O2S/c1-10-4-3-6-15(8-10,19-2)14-17-13(20-18-14)12-11(9-16)5-7-21-12/h5,7,10H,3-4,6,8H2,1-2H3. The molecule has 5 nitrogen and oxygen atoms in total. The molecule has 1 aliphatic rings. The molecule has 0 bridgehead atoms. The summed E-state index contributed by atoms with van der Waals surface area (Å²) in [5.41, 5.74) is 0.113. The third-order valence-electron chi connectivity index (χ3n) is 4.16. The van der Waals surface area contributed by atoms with E-state index in [1.807, 2.05) is 5.38 Å². The molecule has 1 saturated carbocycles. The van der Waals surface area contributed by atoms with Crippen LogP contribution >= 0.6 is 11.3 Å². The Balaban J connectivity index is 1.96. The molecule has 0 saturated heterocycles. The maximum atomic E-state index is 9.10. The number of methoxy groups -OCH3 is 1. The summed E-state index contributed by atoms with van der Waals surface area (Å²) < 4.78 is 11.2. The third-order valence-corrected chi connectivity index (χ3v) is 5.06. The monoisotopic (exact) mass is 303 g/mol. The van der Waals surface area contributed by atoms with Crippen LogP contribution in [0.25, 0.3) is 10.8 Å². The summed E-state index contributed by atoms with van der Waals surface area (Å²) in [4.78, 5) is 5.25. The van der Waals surface area contributed by atoms with Crippen LogP contribution in [0, 0.1) is 17.2 Å². The van der Waals surface area contributed by atoms with Crippen molar-refractivity contribution in [1.29, 1.82) is 5.26 Å². The minimum Gasteiger partial charge on any atom is -0.370 e. The highest BCUT2D eigenvalue weighted by Crippen LogP contribution is 2.42. The highest BCUT2D eigenvalue weighted by Gasteiger charge is 2.41. The van der Waals surface area contributed by atoms with E-state index in [1.165, 1.54) is 17.8 Å². The Morgan fingerprint density at radius 3 is 3.14 bits per heavy atom.